The second-order valence-electron chi connectivity index (χ2n) is 7.80. The predicted octanol–water partition coefficient (Wildman–Crippen LogP) is 2.96. The lowest BCUT2D eigenvalue weighted by Crippen LogP contribution is -2.49. The smallest absolute Gasteiger partial charge is 0.243 e. The van der Waals surface area contributed by atoms with Gasteiger partial charge in [-0.2, -0.15) is 4.98 Å². The van der Waals surface area contributed by atoms with Crippen molar-refractivity contribution >= 4 is 0 Å². The Kier molecular flexibility index (Phi) is 2.38. The van der Waals surface area contributed by atoms with E-state index in [4.69, 9.17) is 9.51 Å². The molecule has 4 aliphatic carbocycles. The predicted molar refractivity (Wildman–Crippen MR) is 74.1 cm³/mol. The van der Waals surface area contributed by atoms with Crippen molar-refractivity contribution in [3.63, 3.8) is 0 Å². The van der Waals surface area contributed by atoms with Crippen molar-refractivity contribution in [1.82, 2.24) is 15.5 Å². The minimum absolute atomic E-state index is 0.273. The lowest BCUT2D eigenvalue weighted by Gasteiger charge is -2.55. The van der Waals surface area contributed by atoms with Crippen LogP contribution in [0.5, 0.6) is 0 Å². The number of aromatic nitrogens is 2. The monoisotopic (exact) mass is 273 g/mol. The zero-order valence-corrected chi connectivity index (χ0v) is 12.0. The molecule has 1 aromatic heterocycles. The summed E-state index contributed by atoms with van der Waals surface area (Å²) >= 11 is 0. The lowest BCUT2D eigenvalue weighted by molar-refractivity contribution is -0.0103. The van der Waals surface area contributed by atoms with Crippen molar-refractivity contribution in [3.05, 3.63) is 11.7 Å². The van der Waals surface area contributed by atoms with E-state index < -0.39 is 0 Å². The first-order chi connectivity index (χ1) is 9.81. The molecule has 108 valence electrons. The fourth-order valence-corrected chi connectivity index (χ4v) is 5.87. The van der Waals surface area contributed by atoms with Gasteiger partial charge in [0.1, 0.15) is 0 Å². The van der Waals surface area contributed by atoms with Crippen molar-refractivity contribution in [3.8, 4) is 0 Å². The van der Waals surface area contributed by atoms with Gasteiger partial charge in [-0.1, -0.05) is 5.16 Å². The van der Waals surface area contributed by atoms with E-state index >= 15 is 0 Å². The second-order valence-corrected chi connectivity index (χ2v) is 7.80. The molecule has 2 heterocycles. The molecular weight excluding hydrogens is 250 g/mol. The molecule has 1 N–H and O–H groups in total. The summed E-state index contributed by atoms with van der Waals surface area (Å²) in [6, 6.07) is 0.310. The molecule has 4 heteroatoms. The average molecular weight is 273 g/mol. The maximum Gasteiger partial charge on any atom is 0.243 e. The Morgan fingerprint density at radius 1 is 1.05 bits per heavy atom. The normalized spacial score (nSPS) is 46.2. The summed E-state index contributed by atoms with van der Waals surface area (Å²) in [5.41, 5.74) is 0.273. The summed E-state index contributed by atoms with van der Waals surface area (Å²) < 4.78 is 5.61. The SMILES string of the molecule is C1CN[C@H](c2nc(C34CC5CC(CC(C5)C3)C4)no2)C1. The average Bonchev–Trinajstić information content (AvgIpc) is 3.09. The first-order valence-electron chi connectivity index (χ1n) is 8.38. The third-order valence-electron chi connectivity index (χ3n) is 6.31. The van der Waals surface area contributed by atoms with Gasteiger partial charge < -0.3 is 9.84 Å². The highest BCUT2D eigenvalue weighted by Crippen LogP contribution is 2.60. The standard InChI is InChI=1S/C16H23N3O/c1-2-13(17-3-1)14-18-15(19-20-14)16-7-10-4-11(8-16)6-12(5-10)9-16/h10-13,17H,1-9H2/t10?,11?,12?,13-,16?/m0/s1. The molecule has 0 unspecified atom stereocenters. The van der Waals surface area contributed by atoms with Gasteiger partial charge in [-0.25, -0.2) is 0 Å². The van der Waals surface area contributed by atoms with Gasteiger partial charge in [0.15, 0.2) is 5.82 Å². The maximum absolute atomic E-state index is 5.61. The van der Waals surface area contributed by atoms with Crippen molar-refractivity contribution < 1.29 is 4.52 Å². The van der Waals surface area contributed by atoms with Crippen molar-refractivity contribution in [2.75, 3.05) is 6.54 Å². The zero-order valence-electron chi connectivity index (χ0n) is 12.0. The Labute approximate surface area is 119 Å². The largest absolute Gasteiger partial charge is 0.338 e. The van der Waals surface area contributed by atoms with E-state index in [1.165, 1.54) is 44.9 Å². The first kappa shape index (κ1) is 11.7. The molecule has 0 radical (unpaired) electrons. The third kappa shape index (κ3) is 1.63. The molecule has 5 aliphatic rings. The van der Waals surface area contributed by atoms with Crippen molar-refractivity contribution in [1.29, 1.82) is 0 Å². The van der Waals surface area contributed by atoms with Crippen LogP contribution < -0.4 is 5.32 Å². The van der Waals surface area contributed by atoms with Crippen molar-refractivity contribution in [2.45, 2.75) is 62.8 Å². The summed E-state index contributed by atoms with van der Waals surface area (Å²) in [4.78, 5) is 4.84. The van der Waals surface area contributed by atoms with E-state index in [2.05, 4.69) is 10.5 Å². The molecular formula is C16H23N3O. The summed E-state index contributed by atoms with van der Waals surface area (Å²) in [7, 11) is 0. The molecule has 0 aromatic carbocycles. The van der Waals surface area contributed by atoms with Crippen LogP contribution in [0.4, 0.5) is 0 Å². The minimum Gasteiger partial charge on any atom is -0.338 e. The Bertz CT molecular complexity index is 482. The first-order valence-corrected chi connectivity index (χ1v) is 8.38. The van der Waals surface area contributed by atoms with Crippen LogP contribution >= 0.6 is 0 Å². The number of hydrogen-bond donors (Lipinski definition) is 1. The van der Waals surface area contributed by atoms with E-state index in [9.17, 15) is 0 Å². The van der Waals surface area contributed by atoms with Gasteiger partial charge in [0.05, 0.1) is 6.04 Å². The molecule has 4 nitrogen and oxygen atoms in total. The van der Waals surface area contributed by atoms with Gasteiger partial charge in [0, 0.05) is 5.41 Å². The van der Waals surface area contributed by atoms with E-state index in [0.717, 1.165) is 42.4 Å². The molecule has 1 atom stereocenters. The molecule has 5 fully saturated rings. The Balaban J connectivity index is 1.47. The van der Waals surface area contributed by atoms with Crippen LogP contribution in [-0.4, -0.2) is 16.7 Å². The number of nitrogens with one attached hydrogen (secondary N) is 1. The van der Waals surface area contributed by atoms with E-state index in [0.29, 0.717) is 6.04 Å². The molecule has 1 saturated heterocycles. The molecule has 1 aliphatic heterocycles. The van der Waals surface area contributed by atoms with Crippen LogP contribution in [0.2, 0.25) is 0 Å². The molecule has 4 saturated carbocycles. The quantitative estimate of drug-likeness (QED) is 0.900. The fraction of sp³-hybridized carbons (Fsp3) is 0.875. The lowest BCUT2D eigenvalue weighted by atomic mass is 9.49. The molecule has 0 spiro atoms. The number of nitrogens with zero attached hydrogens (tertiary/aromatic N) is 2. The van der Waals surface area contributed by atoms with Gasteiger partial charge >= 0.3 is 0 Å². The Morgan fingerprint density at radius 2 is 1.75 bits per heavy atom. The maximum atomic E-state index is 5.61. The van der Waals surface area contributed by atoms with E-state index in [1.807, 2.05) is 0 Å². The van der Waals surface area contributed by atoms with Gasteiger partial charge in [-0.05, 0) is 75.7 Å². The van der Waals surface area contributed by atoms with Gasteiger partial charge in [0.25, 0.3) is 0 Å². The fourth-order valence-electron chi connectivity index (χ4n) is 5.87. The molecule has 6 rings (SSSR count). The van der Waals surface area contributed by atoms with Crippen LogP contribution in [0.15, 0.2) is 4.52 Å². The summed E-state index contributed by atoms with van der Waals surface area (Å²) in [6.45, 7) is 1.08. The van der Waals surface area contributed by atoms with Gasteiger partial charge in [0.2, 0.25) is 5.89 Å². The minimum atomic E-state index is 0.273. The van der Waals surface area contributed by atoms with E-state index in [1.54, 1.807) is 0 Å². The van der Waals surface area contributed by atoms with E-state index in [-0.39, 0.29) is 5.41 Å². The summed E-state index contributed by atoms with van der Waals surface area (Å²) in [5, 5.41) is 7.89. The molecule has 4 bridgehead atoms. The zero-order chi connectivity index (χ0) is 13.2. The number of hydrogen-bond acceptors (Lipinski definition) is 4. The Morgan fingerprint density at radius 3 is 2.35 bits per heavy atom. The topological polar surface area (TPSA) is 51.0 Å². The summed E-state index contributed by atoms with van der Waals surface area (Å²) in [6.07, 6.45) is 10.7. The molecule has 0 amide bonds. The van der Waals surface area contributed by atoms with Crippen molar-refractivity contribution in [2.24, 2.45) is 17.8 Å². The van der Waals surface area contributed by atoms with Gasteiger partial charge in [-0.3, -0.25) is 0 Å². The molecule has 1 aromatic rings. The summed E-state index contributed by atoms with van der Waals surface area (Å²) in [5.74, 6) is 4.70. The number of rotatable bonds is 2. The highest BCUT2D eigenvalue weighted by Gasteiger charge is 2.53. The van der Waals surface area contributed by atoms with Crippen LogP contribution in [0, 0.1) is 17.8 Å². The highest BCUT2D eigenvalue weighted by molar-refractivity contribution is 5.17. The Hall–Kier alpha value is -0.900. The van der Waals surface area contributed by atoms with Crippen LogP contribution in [0.3, 0.4) is 0 Å². The highest BCUT2D eigenvalue weighted by atomic mass is 16.5. The second kappa shape index (κ2) is 4.06. The van der Waals surface area contributed by atoms with Crippen LogP contribution in [0.1, 0.15) is 69.1 Å². The van der Waals surface area contributed by atoms with Crippen LogP contribution in [-0.2, 0) is 5.41 Å². The molecule has 20 heavy (non-hydrogen) atoms. The van der Waals surface area contributed by atoms with Crippen LogP contribution in [0.25, 0.3) is 0 Å². The third-order valence-corrected chi connectivity index (χ3v) is 6.31. The van der Waals surface area contributed by atoms with Gasteiger partial charge in [-0.15, -0.1) is 0 Å².